The van der Waals surface area contributed by atoms with Gasteiger partial charge in [0.1, 0.15) is 0 Å². The third-order valence-electron chi connectivity index (χ3n) is 3.14. The Morgan fingerprint density at radius 1 is 1.14 bits per heavy atom. The van der Waals surface area contributed by atoms with Gasteiger partial charge in [-0.25, -0.2) is 0 Å². The number of halogens is 1. The van der Waals surface area contributed by atoms with Crippen molar-refractivity contribution in [1.82, 2.24) is 0 Å². The van der Waals surface area contributed by atoms with Crippen molar-refractivity contribution in [2.24, 2.45) is 0 Å². The molecule has 0 bridgehead atoms. The number of methoxy groups -OCH3 is 1. The maximum absolute atomic E-state index is 10.1. The number of fused-ring (bicyclic) bond motifs is 1. The van der Waals surface area contributed by atoms with Crippen molar-refractivity contribution in [2.75, 3.05) is 13.9 Å². The molecule has 0 spiro atoms. The third kappa shape index (κ3) is 2.83. The molecule has 108 valence electrons. The Kier molecular flexibility index (Phi) is 3.75. The Labute approximate surface area is 130 Å². The second-order valence-electron chi connectivity index (χ2n) is 4.49. The van der Waals surface area contributed by atoms with Crippen molar-refractivity contribution in [3.05, 3.63) is 45.9 Å². The summed E-state index contributed by atoms with van der Waals surface area (Å²) < 4.78 is 16.6. The molecule has 2 aromatic carbocycles. The lowest BCUT2D eigenvalue weighted by Crippen LogP contribution is -1.92. The Morgan fingerprint density at radius 3 is 2.76 bits per heavy atom. The molecule has 3 rings (SSSR count). The first-order valence-corrected chi connectivity index (χ1v) is 7.11. The summed E-state index contributed by atoms with van der Waals surface area (Å²) in [7, 11) is 1.52. The van der Waals surface area contributed by atoms with Crippen molar-refractivity contribution in [3.63, 3.8) is 0 Å². The first-order valence-electron chi connectivity index (χ1n) is 6.31. The van der Waals surface area contributed by atoms with E-state index in [2.05, 4.69) is 15.9 Å². The van der Waals surface area contributed by atoms with Gasteiger partial charge >= 0.3 is 0 Å². The van der Waals surface area contributed by atoms with E-state index < -0.39 is 0 Å². The van der Waals surface area contributed by atoms with Crippen LogP contribution < -0.4 is 14.2 Å². The first kappa shape index (κ1) is 13.8. The molecule has 1 heterocycles. The number of phenols is 1. The average Bonchev–Trinajstić information content (AvgIpc) is 2.95. The highest BCUT2D eigenvalue weighted by Gasteiger charge is 2.12. The summed E-state index contributed by atoms with van der Waals surface area (Å²) in [4.78, 5) is 0. The molecular weight excluding hydrogens is 336 g/mol. The van der Waals surface area contributed by atoms with Gasteiger partial charge in [-0.2, -0.15) is 0 Å². The van der Waals surface area contributed by atoms with Gasteiger partial charge in [-0.15, -0.1) is 0 Å². The maximum atomic E-state index is 10.1. The van der Waals surface area contributed by atoms with Gasteiger partial charge < -0.3 is 19.3 Å². The van der Waals surface area contributed by atoms with Crippen molar-refractivity contribution in [1.29, 1.82) is 0 Å². The van der Waals surface area contributed by atoms with Gasteiger partial charge in [0.05, 0.1) is 7.11 Å². The van der Waals surface area contributed by atoms with Crippen LogP contribution in [0.3, 0.4) is 0 Å². The molecule has 1 aliphatic heterocycles. The second kappa shape index (κ2) is 5.69. The highest BCUT2D eigenvalue weighted by atomic mass is 79.9. The molecule has 0 unspecified atom stereocenters. The van der Waals surface area contributed by atoms with Crippen molar-refractivity contribution < 1.29 is 19.3 Å². The van der Waals surface area contributed by atoms with E-state index in [9.17, 15) is 5.11 Å². The zero-order chi connectivity index (χ0) is 14.8. The second-order valence-corrected chi connectivity index (χ2v) is 5.41. The number of hydrogen-bond donors (Lipinski definition) is 1. The van der Waals surface area contributed by atoms with E-state index in [1.807, 2.05) is 36.4 Å². The van der Waals surface area contributed by atoms with Crippen LogP contribution in [0.4, 0.5) is 0 Å². The molecule has 0 saturated carbocycles. The molecule has 1 N–H and O–H groups in total. The molecule has 21 heavy (non-hydrogen) atoms. The van der Waals surface area contributed by atoms with Crippen molar-refractivity contribution in [3.8, 4) is 23.0 Å². The molecule has 0 amide bonds. The zero-order valence-corrected chi connectivity index (χ0v) is 12.9. The number of rotatable bonds is 3. The maximum Gasteiger partial charge on any atom is 0.231 e. The van der Waals surface area contributed by atoms with Gasteiger partial charge in [-0.3, -0.25) is 0 Å². The van der Waals surface area contributed by atoms with E-state index in [1.165, 1.54) is 7.11 Å². The summed E-state index contributed by atoms with van der Waals surface area (Å²) in [6.07, 6.45) is 3.71. The highest BCUT2D eigenvalue weighted by Crippen LogP contribution is 2.36. The number of hydrogen-bond acceptors (Lipinski definition) is 4. The minimum absolute atomic E-state index is 0.109. The standard InChI is InChI=1S/C16H13BrO4/c1-19-15-8-12(17)7-11(16(15)18)4-2-10-3-5-13-14(6-10)21-9-20-13/h2-8,18H,9H2,1H3/b4-2+. The van der Waals surface area contributed by atoms with Gasteiger partial charge in [0, 0.05) is 10.0 Å². The third-order valence-corrected chi connectivity index (χ3v) is 3.60. The van der Waals surface area contributed by atoms with Gasteiger partial charge in [0.25, 0.3) is 0 Å². The summed E-state index contributed by atoms with van der Waals surface area (Å²) in [6.45, 7) is 0.256. The largest absolute Gasteiger partial charge is 0.504 e. The predicted octanol–water partition coefficient (Wildman–Crippen LogP) is 4.06. The first-order chi connectivity index (χ1) is 10.2. The molecule has 1 aliphatic rings. The fourth-order valence-electron chi connectivity index (χ4n) is 2.08. The molecule has 4 nitrogen and oxygen atoms in total. The van der Waals surface area contributed by atoms with E-state index >= 15 is 0 Å². The van der Waals surface area contributed by atoms with Crippen LogP contribution in [0.2, 0.25) is 0 Å². The Hall–Kier alpha value is -2.14. The molecule has 0 saturated heterocycles. The number of benzene rings is 2. The van der Waals surface area contributed by atoms with Gasteiger partial charge in [0.2, 0.25) is 6.79 Å². The van der Waals surface area contributed by atoms with Crippen LogP contribution in [0, 0.1) is 0 Å². The molecule has 0 aliphatic carbocycles. The van der Waals surface area contributed by atoms with E-state index in [0.717, 1.165) is 21.5 Å². The van der Waals surface area contributed by atoms with Gasteiger partial charge in [0.15, 0.2) is 23.0 Å². The fourth-order valence-corrected chi connectivity index (χ4v) is 2.53. The van der Waals surface area contributed by atoms with Gasteiger partial charge in [-0.05, 0) is 29.8 Å². The summed E-state index contributed by atoms with van der Waals surface area (Å²) in [5.41, 5.74) is 1.62. The van der Waals surface area contributed by atoms with E-state index in [0.29, 0.717) is 11.3 Å². The van der Waals surface area contributed by atoms with Crippen LogP contribution in [0.5, 0.6) is 23.0 Å². The van der Waals surface area contributed by atoms with Crippen LogP contribution in [-0.4, -0.2) is 19.0 Å². The highest BCUT2D eigenvalue weighted by molar-refractivity contribution is 9.10. The molecule has 5 heteroatoms. The van der Waals surface area contributed by atoms with Crippen LogP contribution in [0.15, 0.2) is 34.8 Å². The summed E-state index contributed by atoms with van der Waals surface area (Å²) in [6, 6.07) is 9.22. The van der Waals surface area contributed by atoms with Crippen LogP contribution in [0.1, 0.15) is 11.1 Å². The van der Waals surface area contributed by atoms with Crippen LogP contribution in [-0.2, 0) is 0 Å². The van der Waals surface area contributed by atoms with Gasteiger partial charge in [-0.1, -0.05) is 34.1 Å². The monoisotopic (exact) mass is 348 g/mol. The number of ether oxygens (including phenoxy) is 3. The number of phenolic OH excluding ortho intramolecular Hbond substituents is 1. The summed E-state index contributed by atoms with van der Waals surface area (Å²) >= 11 is 3.39. The SMILES string of the molecule is COc1cc(Br)cc(/C=C/c2ccc3c(c2)OCO3)c1O. The molecular formula is C16H13BrO4. The van der Waals surface area contributed by atoms with E-state index in [4.69, 9.17) is 14.2 Å². The van der Waals surface area contributed by atoms with Crippen molar-refractivity contribution in [2.45, 2.75) is 0 Å². The summed E-state index contributed by atoms with van der Waals surface area (Å²) in [5, 5.41) is 10.1. The molecule has 0 fully saturated rings. The molecule has 0 aromatic heterocycles. The van der Waals surface area contributed by atoms with Crippen molar-refractivity contribution >= 4 is 28.1 Å². The van der Waals surface area contributed by atoms with Crippen LogP contribution >= 0.6 is 15.9 Å². The Morgan fingerprint density at radius 2 is 1.95 bits per heavy atom. The smallest absolute Gasteiger partial charge is 0.231 e. The van der Waals surface area contributed by atoms with E-state index in [1.54, 1.807) is 6.07 Å². The Balaban J connectivity index is 1.91. The van der Waals surface area contributed by atoms with Crippen LogP contribution in [0.25, 0.3) is 12.2 Å². The molecule has 0 radical (unpaired) electrons. The lowest BCUT2D eigenvalue weighted by molar-refractivity contribution is 0.174. The minimum Gasteiger partial charge on any atom is -0.504 e. The summed E-state index contributed by atoms with van der Waals surface area (Å²) in [5.74, 6) is 2.01. The molecule has 2 aromatic rings. The average molecular weight is 349 g/mol. The number of aromatic hydroxyl groups is 1. The zero-order valence-electron chi connectivity index (χ0n) is 11.3. The van der Waals surface area contributed by atoms with E-state index in [-0.39, 0.29) is 12.5 Å². The quantitative estimate of drug-likeness (QED) is 0.849. The lowest BCUT2D eigenvalue weighted by Gasteiger charge is -2.07. The fraction of sp³-hybridized carbons (Fsp3) is 0.125. The molecule has 0 atom stereocenters. The normalized spacial score (nSPS) is 12.9. The minimum atomic E-state index is 0.109. The Bertz CT molecular complexity index is 710. The lowest BCUT2D eigenvalue weighted by atomic mass is 10.1. The topological polar surface area (TPSA) is 47.9 Å². The predicted molar refractivity (Wildman–Crippen MR) is 83.9 cm³/mol.